The average Bonchev–Trinajstić information content (AvgIpc) is 2.36. The summed E-state index contributed by atoms with van der Waals surface area (Å²) in [6.07, 6.45) is 1.29. The van der Waals surface area contributed by atoms with Crippen molar-refractivity contribution in [2.45, 2.75) is 45.8 Å². The summed E-state index contributed by atoms with van der Waals surface area (Å²) in [5.74, 6) is -0.610. The van der Waals surface area contributed by atoms with Crippen molar-refractivity contribution in [1.82, 2.24) is 0 Å². The predicted octanol–water partition coefficient (Wildman–Crippen LogP) is 2.98. The van der Waals surface area contributed by atoms with Crippen molar-refractivity contribution in [3.63, 3.8) is 0 Å². The van der Waals surface area contributed by atoms with Crippen LogP contribution in [0.5, 0.6) is 0 Å². The quantitative estimate of drug-likeness (QED) is 0.231. The minimum atomic E-state index is -1.80. The van der Waals surface area contributed by atoms with Crippen molar-refractivity contribution in [3.8, 4) is 6.07 Å². The lowest BCUT2D eigenvalue weighted by atomic mass is 10.3. The molecule has 0 aromatic rings. The normalized spacial score (nSPS) is 11.8. The van der Waals surface area contributed by atoms with E-state index in [1.807, 2.05) is 6.07 Å². The van der Waals surface area contributed by atoms with E-state index in [0.717, 1.165) is 18.1 Å². The van der Waals surface area contributed by atoms with Gasteiger partial charge in [-0.1, -0.05) is 20.8 Å². The van der Waals surface area contributed by atoms with Gasteiger partial charge in [-0.25, -0.2) is 4.79 Å². The molecule has 0 aliphatic carbocycles. The number of nitrogens with zero attached hydrogens (tertiary/aromatic N) is 1. The topological polar surface area (TPSA) is 59.3 Å². The van der Waals surface area contributed by atoms with E-state index >= 15 is 0 Å². The summed E-state index contributed by atoms with van der Waals surface area (Å²) in [7, 11) is -1.80. The summed E-state index contributed by atoms with van der Waals surface area (Å²) in [6, 6.07) is 4.73. The van der Waals surface area contributed by atoms with Crippen LogP contribution in [0.15, 0.2) is 11.8 Å². The minimum absolute atomic E-state index is 0.0564. The highest BCUT2D eigenvalue weighted by Crippen LogP contribution is 2.22. The second-order valence-electron chi connectivity index (χ2n) is 3.73. The first-order chi connectivity index (χ1) is 8.09. The number of nitriles is 1. The summed E-state index contributed by atoms with van der Waals surface area (Å²) in [4.78, 5) is 11.4. The first kappa shape index (κ1) is 15.7. The Balaban J connectivity index is 4.76. The van der Waals surface area contributed by atoms with Gasteiger partial charge in [-0.2, -0.15) is 5.26 Å². The van der Waals surface area contributed by atoms with Gasteiger partial charge >= 0.3 is 5.97 Å². The van der Waals surface area contributed by atoms with Crippen LogP contribution in [0.2, 0.25) is 18.1 Å². The number of carbonyl (C=O) groups is 1. The van der Waals surface area contributed by atoms with Gasteiger partial charge in [-0.15, -0.1) is 0 Å². The van der Waals surface area contributed by atoms with E-state index in [-0.39, 0.29) is 12.2 Å². The zero-order valence-corrected chi connectivity index (χ0v) is 12.1. The van der Waals surface area contributed by atoms with Gasteiger partial charge in [-0.3, -0.25) is 0 Å². The molecule has 0 saturated heterocycles. The number of carbonyl (C=O) groups excluding carboxylic acids is 1. The lowest BCUT2D eigenvalue weighted by molar-refractivity contribution is -0.138. The van der Waals surface area contributed by atoms with E-state index in [9.17, 15) is 4.79 Å². The van der Waals surface area contributed by atoms with Gasteiger partial charge in [0.05, 0.1) is 12.9 Å². The number of esters is 1. The van der Waals surface area contributed by atoms with Crippen molar-refractivity contribution in [2.75, 3.05) is 6.61 Å². The van der Waals surface area contributed by atoms with Crippen LogP contribution in [0.3, 0.4) is 0 Å². The Morgan fingerprint density at radius 1 is 1.24 bits per heavy atom. The first-order valence-electron chi connectivity index (χ1n) is 6.04. The highest BCUT2D eigenvalue weighted by atomic mass is 28.4. The van der Waals surface area contributed by atoms with E-state index in [0.29, 0.717) is 0 Å². The lowest BCUT2D eigenvalue weighted by Crippen LogP contribution is -2.34. The maximum Gasteiger partial charge on any atom is 0.352 e. The third-order valence-corrected chi connectivity index (χ3v) is 7.46. The fraction of sp³-hybridized carbons (Fsp3) is 0.667. The molecule has 0 radical (unpaired) electrons. The number of ether oxygens (including phenoxy) is 1. The zero-order chi connectivity index (χ0) is 13.3. The van der Waals surface area contributed by atoms with Crippen LogP contribution in [0.1, 0.15) is 27.7 Å². The van der Waals surface area contributed by atoms with Crippen LogP contribution >= 0.6 is 0 Å². The molecule has 0 aliphatic rings. The monoisotopic (exact) mass is 255 g/mol. The number of rotatable bonds is 7. The standard InChI is InChI=1S/C12H21NO3Si/c1-5-15-12(14)11(9-13)10-16-17(6-2,7-3)8-4/h10H,5-8H2,1-4H3. The SMILES string of the molecule is CCOC(=O)C(C#N)=CO[Si](CC)(CC)CC. The van der Waals surface area contributed by atoms with Crippen LogP contribution in [-0.2, 0) is 14.0 Å². The van der Waals surface area contributed by atoms with Crippen molar-refractivity contribution in [1.29, 1.82) is 5.26 Å². The fourth-order valence-electron chi connectivity index (χ4n) is 1.51. The molecule has 0 aliphatic heterocycles. The maximum absolute atomic E-state index is 11.4. The van der Waals surface area contributed by atoms with E-state index in [1.165, 1.54) is 6.26 Å². The van der Waals surface area contributed by atoms with Crippen molar-refractivity contribution in [3.05, 3.63) is 11.8 Å². The van der Waals surface area contributed by atoms with Gasteiger partial charge in [-0.05, 0) is 25.1 Å². The molecular formula is C12H21NO3Si. The second-order valence-corrected chi connectivity index (χ2v) is 8.45. The second kappa shape index (κ2) is 7.90. The Kier molecular flexibility index (Phi) is 7.31. The van der Waals surface area contributed by atoms with Crippen LogP contribution in [0, 0.1) is 11.3 Å². The van der Waals surface area contributed by atoms with Crippen molar-refractivity contribution < 1.29 is 14.0 Å². The molecule has 4 nitrogen and oxygen atoms in total. The Bertz CT molecular complexity index is 308. The summed E-state index contributed by atoms with van der Waals surface area (Å²) in [5.41, 5.74) is -0.0564. The molecule has 0 aromatic heterocycles. The number of hydrogen-bond donors (Lipinski definition) is 0. The van der Waals surface area contributed by atoms with Crippen LogP contribution < -0.4 is 0 Å². The van der Waals surface area contributed by atoms with Gasteiger partial charge in [0.15, 0.2) is 5.57 Å². The van der Waals surface area contributed by atoms with Crippen molar-refractivity contribution in [2.24, 2.45) is 0 Å². The Morgan fingerprint density at radius 2 is 1.76 bits per heavy atom. The highest BCUT2D eigenvalue weighted by Gasteiger charge is 2.29. The molecule has 0 unspecified atom stereocenters. The zero-order valence-electron chi connectivity index (χ0n) is 11.1. The molecule has 0 amide bonds. The molecule has 5 heteroatoms. The highest BCUT2D eigenvalue weighted by molar-refractivity contribution is 6.73. The number of hydrogen-bond acceptors (Lipinski definition) is 4. The molecule has 0 atom stereocenters. The summed E-state index contributed by atoms with van der Waals surface area (Å²) in [5, 5.41) is 8.85. The van der Waals surface area contributed by atoms with Gasteiger partial charge < -0.3 is 9.16 Å². The Morgan fingerprint density at radius 3 is 2.12 bits per heavy atom. The summed E-state index contributed by atoms with van der Waals surface area (Å²) in [6.45, 7) is 8.23. The molecular weight excluding hydrogens is 234 g/mol. The molecule has 17 heavy (non-hydrogen) atoms. The molecule has 0 saturated carbocycles. The van der Waals surface area contributed by atoms with Crippen LogP contribution in [0.25, 0.3) is 0 Å². The lowest BCUT2D eigenvalue weighted by Gasteiger charge is -2.26. The molecule has 0 bridgehead atoms. The molecule has 0 heterocycles. The molecule has 0 spiro atoms. The molecule has 0 N–H and O–H groups in total. The average molecular weight is 255 g/mol. The fourth-order valence-corrected chi connectivity index (χ4v) is 3.88. The molecule has 0 fully saturated rings. The first-order valence-corrected chi connectivity index (χ1v) is 8.57. The van der Waals surface area contributed by atoms with E-state index in [2.05, 4.69) is 20.8 Å². The van der Waals surface area contributed by atoms with E-state index in [1.54, 1.807) is 6.92 Å². The predicted molar refractivity (Wildman–Crippen MR) is 68.6 cm³/mol. The van der Waals surface area contributed by atoms with E-state index < -0.39 is 14.3 Å². The van der Waals surface area contributed by atoms with E-state index in [4.69, 9.17) is 14.4 Å². The summed E-state index contributed by atoms with van der Waals surface area (Å²) < 4.78 is 10.5. The van der Waals surface area contributed by atoms with Crippen LogP contribution in [-0.4, -0.2) is 20.9 Å². The minimum Gasteiger partial charge on any atom is -0.547 e. The van der Waals surface area contributed by atoms with Gasteiger partial charge in [0, 0.05) is 0 Å². The Labute approximate surface area is 104 Å². The van der Waals surface area contributed by atoms with Crippen LogP contribution in [0.4, 0.5) is 0 Å². The smallest absolute Gasteiger partial charge is 0.352 e. The largest absolute Gasteiger partial charge is 0.547 e. The van der Waals surface area contributed by atoms with Crippen molar-refractivity contribution >= 4 is 14.3 Å². The van der Waals surface area contributed by atoms with Gasteiger partial charge in [0.25, 0.3) is 0 Å². The van der Waals surface area contributed by atoms with Gasteiger partial charge in [0.2, 0.25) is 8.32 Å². The van der Waals surface area contributed by atoms with Gasteiger partial charge in [0.1, 0.15) is 6.07 Å². The Hall–Kier alpha value is -1.28. The molecule has 0 aromatic carbocycles. The third-order valence-electron chi connectivity index (χ3n) is 2.98. The summed E-state index contributed by atoms with van der Waals surface area (Å²) >= 11 is 0. The third kappa shape index (κ3) is 4.61. The maximum atomic E-state index is 11.4. The molecule has 0 rings (SSSR count). The molecule has 96 valence electrons.